The summed E-state index contributed by atoms with van der Waals surface area (Å²) >= 11 is 0. The van der Waals surface area contributed by atoms with Gasteiger partial charge >= 0.3 is 0 Å². The second-order valence-corrected chi connectivity index (χ2v) is 6.73. The van der Waals surface area contributed by atoms with Gasteiger partial charge in [0, 0.05) is 11.6 Å². The summed E-state index contributed by atoms with van der Waals surface area (Å²) < 4.78 is 22.8. The Labute approximate surface area is 119 Å². The van der Waals surface area contributed by atoms with E-state index >= 15 is 0 Å². The molecular weight excluding hydrogens is 276 g/mol. The van der Waals surface area contributed by atoms with Gasteiger partial charge in [-0.2, -0.15) is 0 Å². The third kappa shape index (κ3) is 3.37. The van der Waals surface area contributed by atoms with Gasteiger partial charge in [-0.3, -0.25) is 4.79 Å². The summed E-state index contributed by atoms with van der Waals surface area (Å²) in [5.41, 5.74) is 1.24. The minimum atomic E-state index is -3.79. The fourth-order valence-corrected chi connectivity index (χ4v) is 3.13. The Morgan fingerprint density at radius 2 is 2.00 bits per heavy atom. The van der Waals surface area contributed by atoms with E-state index in [0.29, 0.717) is 12.0 Å². The van der Waals surface area contributed by atoms with E-state index < -0.39 is 10.0 Å². The summed E-state index contributed by atoms with van der Waals surface area (Å²) in [7, 11) is -3.79. The van der Waals surface area contributed by atoms with E-state index in [2.05, 4.69) is 5.32 Å². The molecule has 1 aromatic carbocycles. The predicted molar refractivity (Wildman–Crippen MR) is 76.9 cm³/mol. The van der Waals surface area contributed by atoms with Gasteiger partial charge in [-0.15, -0.1) is 0 Å². The standard InChI is InChI=1S/C14H20N2O3S/c1-2-10-7-8-12(20(15,18)19)9-13(10)14(17)16-11-5-3-4-6-11/h7-9,11H,2-6H2,1H3,(H,16,17)(H2,15,18,19). The molecule has 2 rings (SSSR count). The van der Waals surface area contributed by atoms with Gasteiger partial charge in [0.1, 0.15) is 0 Å². The predicted octanol–water partition coefficient (Wildman–Crippen LogP) is 1.57. The number of carbonyl (C=O) groups is 1. The summed E-state index contributed by atoms with van der Waals surface area (Å²) in [6.45, 7) is 1.93. The van der Waals surface area contributed by atoms with E-state index in [-0.39, 0.29) is 16.8 Å². The van der Waals surface area contributed by atoms with E-state index in [9.17, 15) is 13.2 Å². The van der Waals surface area contributed by atoms with Crippen LogP contribution in [0.15, 0.2) is 23.1 Å². The molecule has 3 N–H and O–H groups in total. The van der Waals surface area contributed by atoms with Crippen molar-refractivity contribution in [2.75, 3.05) is 0 Å². The van der Waals surface area contributed by atoms with Gasteiger partial charge in [0.25, 0.3) is 5.91 Å². The largest absolute Gasteiger partial charge is 0.349 e. The van der Waals surface area contributed by atoms with Crippen LogP contribution in [0.3, 0.4) is 0 Å². The van der Waals surface area contributed by atoms with Crippen LogP contribution in [0.25, 0.3) is 0 Å². The number of nitrogens with two attached hydrogens (primary N) is 1. The molecule has 1 amide bonds. The average molecular weight is 296 g/mol. The van der Waals surface area contributed by atoms with Crippen LogP contribution < -0.4 is 10.5 Å². The number of sulfonamides is 1. The molecule has 0 aromatic heterocycles. The molecule has 0 radical (unpaired) electrons. The summed E-state index contributed by atoms with van der Waals surface area (Å²) in [4.78, 5) is 12.3. The monoisotopic (exact) mass is 296 g/mol. The van der Waals surface area contributed by atoms with E-state index in [4.69, 9.17) is 5.14 Å². The highest BCUT2D eigenvalue weighted by Crippen LogP contribution is 2.20. The number of nitrogens with one attached hydrogen (secondary N) is 1. The van der Waals surface area contributed by atoms with Crippen LogP contribution in [0.5, 0.6) is 0 Å². The average Bonchev–Trinajstić information content (AvgIpc) is 2.89. The second-order valence-electron chi connectivity index (χ2n) is 5.17. The van der Waals surface area contributed by atoms with Gasteiger partial charge in [-0.1, -0.05) is 25.8 Å². The van der Waals surface area contributed by atoms with Crippen molar-refractivity contribution < 1.29 is 13.2 Å². The Morgan fingerprint density at radius 1 is 1.35 bits per heavy atom. The summed E-state index contributed by atoms with van der Waals surface area (Å²) in [6.07, 6.45) is 4.90. The number of carbonyl (C=O) groups excluding carboxylic acids is 1. The lowest BCUT2D eigenvalue weighted by atomic mass is 10.0. The van der Waals surface area contributed by atoms with Crippen LogP contribution in [0.2, 0.25) is 0 Å². The van der Waals surface area contributed by atoms with Gasteiger partial charge < -0.3 is 5.32 Å². The van der Waals surface area contributed by atoms with Crippen molar-refractivity contribution in [2.45, 2.75) is 50.0 Å². The quantitative estimate of drug-likeness (QED) is 0.883. The van der Waals surface area contributed by atoms with Crippen molar-refractivity contribution in [3.8, 4) is 0 Å². The highest BCUT2D eigenvalue weighted by atomic mass is 32.2. The van der Waals surface area contributed by atoms with Crippen molar-refractivity contribution >= 4 is 15.9 Å². The summed E-state index contributed by atoms with van der Waals surface area (Å²) in [5, 5.41) is 8.10. The Balaban J connectivity index is 2.29. The fourth-order valence-electron chi connectivity index (χ4n) is 2.59. The molecule has 1 saturated carbocycles. The molecule has 0 unspecified atom stereocenters. The number of hydrogen-bond acceptors (Lipinski definition) is 3. The molecule has 0 atom stereocenters. The second kappa shape index (κ2) is 5.93. The fraction of sp³-hybridized carbons (Fsp3) is 0.500. The summed E-state index contributed by atoms with van der Waals surface area (Å²) in [6, 6.07) is 4.67. The lowest BCUT2D eigenvalue weighted by Crippen LogP contribution is -2.33. The molecule has 1 aliphatic rings. The Bertz CT molecular complexity index is 605. The van der Waals surface area contributed by atoms with Gasteiger partial charge in [0.15, 0.2) is 0 Å². The van der Waals surface area contributed by atoms with Crippen molar-refractivity contribution in [1.82, 2.24) is 5.32 Å². The van der Waals surface area contributed by atoms with Crippen molar-refractivity contribution in [1.29, 1.82) is 0 Å². The molecule has 1 fully saturated rings. The maximum atomic E-state index is 12.3. The summed E-state index contributed by atoms with van der Waals surface area (Å²) in [5.74, 6) is -0.209. The topological polar surface area (TPSA) is 89.3 Å². The SMILES string of the molecule is CCc1ccc(S(N)(=O)=O)cc1C(=O)NC1CCCC1. The molecule has 5 nitrogen and oxygen atoms in total. The van der Waals surface area contributed by atoms with Crippen molar-refractivity contribution in [3.05, 3.63) is 29.3 Å². The lowest BCUT2D eigenvalue weighted by Gasteiger charge is -2.14. The van der Waals surface area contributed by atoms with Crippen LogP contribution >= 0.6 is 0 Å². The normalized spacial score (nSPS) is 16.3. The van der Waals surface area contributed by atoms with Gasteiger partial charge in [-0.25, -0.2) is 13.6 Å². The zero-order valence-corrected chi connectivity index (χ0v) is 12.4. The zero-order valence-electron chi connectivity index (χ0n) is 11.6. The molecule has 0 saturated heterocycles. The Kier molecular flexibility index (Phi) is 4.45. The first-order valence-electron chi connectivity index (χ1n) is 6.88. The van der Waals surface area contributed by atoms with E-state index in [0.717, 1.165) is 31.2 Å². The Morgan fingerprint density at radius 3 is 2.55 bits per heavy atom. The highest BCUT2D eigenvalue weighted by molar-refractivity contribution is 7.89. The van der Waals surface area contributed by atoms with Gasteiger partial charge in [0.05, 0.1) is 4.90 Å². The van der Waals surface area contributed by atoms with Crippen LogP contribution in [-0.2, 0) is 16.4 Å². The molecular formula is C14H20N2O3S. The van der Waals surface area contributed by atoms with E-state index in [1.165, 1.54) is 12.1 Å². The molecule has 1 aromatic rings. The molecule has 0 bridgehead atoms. The van der Waals surface area contributed by atoms with Crippen LogP contribution in [-0.4, -0.2) is 20.4 Å². The molecule has 110 valence electrons. The first-order chi connectivity index (χ1) is 9.41. The van der Waals surface area contributed by atoms with Crippen molar-refractivity contribution in [2.24, 2.45) is 5.14 Å². The highest BCUT2D eigenvalue weighted by Gasteiger charge is 2.20. The van der Waals surface area contributed by atoms with Crippen LogP contribution in [0.1, 0.15) is 48.5 Å². The molecule has 0 aliphatic heterocycles. The minimum Gasteiger partial charge on any atom is -0.349 e. The number of hydrogen-bond donors (Lipinski definition) is 2. The van der Waals surface area contributed by atoms with Crippen molar-refractivity contribution in [3.63, 3.8) is 0 Å². The first-order valence-corrected chi connectivity index (χ1v) is 8.43. The molecule has 1 aliphatic carbocycles. The van der Waals surface area contributed by atoms with Gasteiger partial charge in [-0.05, 0) is 37.0 Å². The van der Waals surface area contributed by atoms with Crippen LogP contribution in [0.4, 0.5) is 0 Å². The van der Waals surface area contributed by atoms with Crippen LogP contribution in [0, 0.1) is 0 Å². The molecule has 6 heteroatoms. The van der Waals surface area contributed by atoms with E-state index in [1.54, 1.807) is 6.07 Å². The zero-order chi connectivity index (χ0) is 14.8. The number of benzene rings is 1. The third-order valence-corrected chi connectivity index (χ3v) is 4.64. The maximum Gasteiger partial charge on any atom is 0.251 e. The number of primary sulfonamides is 1. The number of amides is 1. The lowest BCUT2D eigenvalue weighted by molar-refractivity contribution is 0.0936. The van der Waals surface area contributed by atoms with Gasteiger partial charge in [0.2, 0.25) is 10.0 Å². The maximum absolute atomic E-state index is 12.3. The third-order valence-electron chi connectivity index (χ3n) is 3.73. The number of aryl methyl sites for hydroxylation is 1. The van der Waals surface area contributed by atoms with E-state index in [1.807, 2.05) is 6.92 Å². The molecule has 0 spiro atoms. The minimum absolute atomic E-state index is 0.0220. The smallest absolute Gasteiger partial charge is 0.251 e. The molecule has 0 heterocycles. The Hall–Kier alpha value is -1.40. The number of rotatable bonds is 4. The molecule has 20 heavy (non-hydrogen) atoms. The first kappa shape index (κ1) is 15.0.